The second kappa shape index (κ2) is 9.75. The van der Waals surface area contributed by atoms with Crippen molar-refractivity contribution in [1.29, 1.82) is 0 Å². The molecule has 1 aromatic heterocycles. The Bertz CT molecular complexity index is 2450. The number of rotatable bonds is 3. The molecule has 4 heteroatoms. The predicted octanol–water partition coefficient (Wildman–Crippen LogP) is 9.34. The molecule has 0 N–H and O–H groups in total. The summed E-state index contributed by atoms with van der Waals surface area (Å²) in [5.41, 5.74) is 15.1. The molecule has 2 aliphatic rings. The molecule has 0 atom stereocenters. The Balaban J connectivity index is 1.31. The maximum absolute atomic E-state index is 6.62. The van der Waals surface area contributed by atoms with E-state index in [-0.39, 0.29) is 6.71 Å². The molecule has 0 bridgehead atoms. The zero-order chi connectivity index (χ0) is 30.2. The van der Waals surface area contributed by atoms with Gasteiger partial charge in [-0.25, -0.2) is 0 Å². The molecule has 46 heavy (non-hydrogen) atoms. The van der Waals surface area contributed by atoms with Crippen LogP contribution in [0.1, 0.15) is 0 Å². The molecule has 0 unspecified atom stereocenters. The fraction of sp³-hybridized carbons (Fsp3) is 0. The number of fused-ring (bicyclic) bond motifs is 7. The normalized spacial score (nSPS) is 13.1. The van der Waals surface area contributed by atoms with Gasteiger partial charge in [-0.05, 0) is 64.9 Å². The minimum Gasteiger partial charge on any atom is -0.455 e. The fourth-order valence-corrected chi connectivity index (χ4v) is 7.81. The van der Waals surface area contributed by atoms with Crippen molar-refractivity contribution in [2.75, 3.05) is 9.80 Å². The Morgan fingerprint density at radius 3 is 1.80 bits per heavy atom. The summed E-state index contributed by atoms with van der Waals surface area (Å²) < 4.78 is 6.62. The number of para-hydroxylation sites is 6. The highest BCUT2D eigenvalue weighted by Gasteiger charge is 2.43. The van der Waals surface area contributed by atoms with Crippen LogP contribution in [0.25, 0.3) is 33.1 Å². The zero-order valence-electron chi connectivity index (χ0n) is 25.0. The monoisotopic (exact) mass is 586 g/mol. The van der Waals surface area contributed by atoms with Crippen LogP contribution in [0.4, 0.5) is 34.1 Å². The first-order chi connectivity index (χ1) is 22.9. The smallest absolute Gasteiger partial charge is 0.252 e. The van der Waals surface area contributed by atoms with Crippen molar-refractivity contribution >= 4 is 79.2 Å². The van der Waals surface area contributed by atoms with E-state index in [0.29, 0.717) is 0 Å². The third kappa shape index (κ3) is 3.50. The van der Waals surface area contributed by atoms with Gasteiger partial charge in [-0.15, -0.1) is 0 Å². The maximum Gasteiger partial charge on any atom is 0.252 e. The van der Waals surface area contributed by atoms with Gasteiger partial charge in [0.05, 0.1) is 0 Å². The Morgan fingerprint density at radius 1 is 0.413 bits per heavy atom. The van der Waals surface area contributed by atoms with Crippen molar-refractivity contribution in [2.24, 2.45) is 0 Å². The van der Waals surface area contributed by atoms with Crippen molar-refractivity contribution in [2.45, 2.75) is 0 Å². The number of nitrogens with zero attached hydrogens (tertiary/aromatic N) is 2. The molecule has 3 heterocycles. The van der Waals surface area contributed by atoms with Gasteiger partial charge in [0.2, 0.25) is 0 Å². The Labute approximate surface area is 267 Å². The van der Waals surface area contributed by atoms with E-state index in [4.69, 9.17) is 4.42 Å². The molecule has 3 nitrogen and oxygen atoms in total. The number of hydrogen-bond acceptors (Lipinski definition) is 3. The molecular weight excluding hydrogens is 559 g/mol. The van der Waals surface area contributed by atoms with Crippen LogP contribution in [-0.4, -0.2) is 6.71 Å². The van der Waals surface area contributed by atoms with Crippen molar-refractivity contribution in [3.63, 3.8) is 0 Å². The predicted molar refractivity (Wildman–Crippen MR) is 193 cm³/mol. The molecule has 0 aliphatic carbocycles. The van der Waals surface area contributed by atoms with Crippen molar-refractivity contribution in [3.05, 3.63) is 164 Å². The van der Waals surface area contributed by atoms with Crippen LogP contribution in [0.15, 0.2) is 168 Å². The van der Waals surface area contributed by atoms with Gasteiger partial charge < -0.3 is 14.2 Å². The lowest BCUT2D eigenvalue weighted by molar-refractivity contribution is 0.670. The fourth-order valence-electron chi connectivity index (χ4n) is 7.81. The number of hydrogen-bond donors (Lipinski definition) is 0. The molecule has 0 amide bonds. The molecule has 0 saturated heterocycles. The summed E-state index contributed by atoms with van der Waals surface area (Å²) in [5.74, 6) is 0. The first-order valence-corrected chi connectivity index (χ1v) is 15.8. The highest BCUT2D eigenvalue weighted by molar-refractivity contribution is 7.00. The molecule has 0 fully saturated rings. The Hall–Kier alpha value is -6.00. The van der Waals surface area contributed by atoms with E-state index < -0.39 is 0 Å². The first-order valence-electron chi connectivity index (χ1n) is 15.8. The van der Waals surface area contributed by atoms with Crippen molar-refractivity contribution in [3.8, 4) is 11.1 Å². The van der Waals surface area contributed by atoms with E-state index in [1.54, 1.807) is 0 Å². The second-order valence-corrected chi connectivity index (χ2v) is 12.1. The molecule has 214 valence electrons. The second-order valence-electron chi connectivity index (χ2n) is 12.1. The SMILES string of the molecule is c1ccc(N2c3ccccc3B3c4cccc(-c5cccc6c5oc5ccccc56)c4N(c4ccccc4)c4cccc2c43)cc1. The minimum absolute atomic E-state index is 0.0622. The first kappa shape index (κ1) is 25.3. The summed E-state index contributed by atoms with van der Waals surface area (Å²) in [6.45, 7) is 0.0622. The lowest BCUT2D eigenvalue weighted by Gasteiger charge is -2.44. The van der Waals surface area contributed by atoms with Gasteiger partial charge >= 0.3 is 0 Å². The summed E-state index contributed by atoms with van der Waals surface area (Å²) in [6.07, 6.45) is 0. The average Bonchev–Trinajstić information content (AvgIpc) is 3.51. The van der Waals surface area contributed by atoms with Gasteiger partial charge in [-0.3, -0.25) is 0 Å². The topological polar surface area (TPSA) is 19.6 Å². The van der Waals surface area contributed by atoms with Crippen LogP contribution >= 0.6 is 0 Å². The summed E-state index contributed by atoms with van der Waals surface area (Å²) in [6, 6.07) is 58.9. The molecule has 0 saturated carbocycles. The summed E-state index contributed by atoms with van der Waals surface area (Å²) in [5, 5.41) is 2.28. The largest absolute Gasteiger partial charge is 0.455 e. The maximum atomic E-state index is 6.62. The third-order valence-corrected chi connectivity index (χ3v) is 9.64. The lowest BCUT2D eigenvalue weighted by Crippen LogP contribution is -2.61. The van der Waals surface area contributed by atoms with Gasteiger partial charge in [-0.2, -0.15) is 0 Å². The van der Waals surface area contributed by atoms with E-state index in [0.717, 1.165) is 44.4 Å². The highest BCUT2D eigenvalue weighted by Crippen LogP contribution is 2.47. The molecule has 0 spiro atoms. The van der Waals surface area contributed by atoms with E-state index in [2.05, 4.69) is 168 Å². The van der Waals surface area contributed by atoms with Crippen molar-refractivity contribution in [1.82, 2.24) is 0 Å². The summed E-state index contributed by atoms with van der Waals surface area (Å²) in [4.78, 5) is 4.90. The van der Waals surface area contributed by atoms with Gasteiger partial charge in [0.1, 0.15) is 11.2 Å². The highest BCUT2D eigenvalue weighted by atomic mass is 16.3. The van der Waals surface area contributed by atoms with Gasteiger partial charge in [0.25, 0.3) is 6.71 Å². The van der Waals surface area contributed by atoms with Crippen LogP contribution in [0.3, 0.4) is 0 Å². The van der Waals surface area contributed by atoms with Crippen molar-refractivity contribution < 1.29 is 4.42 Å². The number of furan rings is 1. The molecule has 10 rings (SSSR count). The van der Waals surface area contributed by atoms with Gasteiger partial charge in [-0.1, -0.05) is 115 Å². The minimum atomic E-state index is 0.0622. The summed E-state index contributed by atoms with van der Waals surface area (Å²) >= 11 is 0. The van der Waals surface area contributed by atoms with Crippen LogP contribution < -0.4 is 26.2 Å². The third-order valence-electron chi connectivity index (χ3n) is 9.64. The van der Waals surface area contributed by atoms with Crippen LogP contribution in [-0.2, 0) is 0 Å². The van der Waals surface area contributed by atoms with Crippen LogP contribution in [0.2, 0.25) is 0 Å². The van der Waals surface area contributed by atoms with Crippen LogP contribution in [0.5, 0.6) is 0 Å². The van der Waals surface area contributed by atoms with Gasteiger partial charge in [0, 0.05) is 56.0 Å². The van der Waals surface area contributed by atoms with Gasteiger partial charge in [0.15, 0.2) is 0 Å². The van der Waals surface area contributed by atoms with E-state index in [9.17, 15) is 0 Å². The molecule has 2 aliphatic heterocycles. The average molecular weight is 587 g/mol. The van der Waals surface area contributed by atoms with E-state index in [1.165, 1.54) is 39.1 Å². The Morgan fingerprint density at radius 2 is 0.978 bits per heavy atom. The molecule has 0 radical (unpaired) electrons. The Kier molecular flexibility index (Phi) is 5.37. The molecule has 8 aromatic rings. The zero-order valence-corrected chi connectivity index (χ0v) is 25.0. The number of anilines is 6. The molecule has 7 aromatic carbocycles. The quantitative estimate of drug-likeness (QED) is 0.192. The number of benzene rings is 7. The standard InChI is InChI=1S/C42H27BN2O/c1-3-14-28(15-4-1)44-36-24-9-8-22-34(36)43-35-23-12-19-31(33-21-11-20-32-30-18-7-10-27-39(30)46-42(32)33)41(35)45(29-16-5-2-6-17-29)38-26-13-25-37(44)40(38)43/h1-27H. The van der Waals surface area contributed by atoms with E-state index >= 15 is 0 Å². The van der Waals surface area contributed by atoms with E-state index in [1.807, 2.05) is 6.07 Å². The van der Waals surface area contributed by atoms with Crippen LogP contribution in [0, 0.1) is 0 Å². The summed E-state index contributed by atoms with van der Waals surface area (Å²) in [7, 11) is 0. The lowest BCUT2D eigenvalue weighted by atomic mass is 9.33. The molecular formula is C42H27BN2O.